The van der Waals surface area contributed by atoms with E-state index in [1.165, 1.54) is 11.1 Å². The molecule has 4 rings (SSSR count). The Labute approximate surface area is 272 Å². The van der Waals surface area contributed by atoms with Crippen LogP contribution in [0.1, 0.15) is 31.9 Å². The summed E-state index contributed by atoms with van der Waals surface area (Å²) >= 11 is 0. The molecule has 10 nitrogen and oxygen atoms in total. The van der Waals surface area contributed by atoms with Crippen LogP contribution in [-0.2, 0) is 27.4 Å². The summed E-state index contributed by atoms with van der Waals surface area (Å²) in [6.07, 6.45) is -6.88. The van der Waals surface area contributed by atoms with Gasteiger partial charge in [-0.15, -0.1) is 0 Å². The van der Waals surface area contributed by atoms with Crippen LogP contribution in [0.2, 0.25) is 0 Å². The van der Waals surface area contributed by atoms with Gasteiger partial charge in [-0.2, -0.15) is 26.3 Å². The van der Waals surface area contributed by atoms with Crippen molar-refractivity contribution in [2.24, 2.45) is 0 Å². The predicted octanol–water partition coefficient (Wildman–Crippen LogP) is 6.68. The summed E-state index contributed by atoms with van der Waals surface area (Å²) in [5.41, 5.74) is 5.14. The molecule has 0 bridgehead atoms. The molecule has 0 radical (unpaired) electrons. The number of piperazine rings is 1. The number of amides is 1. The number of carboxylic acids is 2. The van der Waals surface area contributed by atoms with E-state index in [1.54, 1.807) is 0 Å². The molecule has 3 aromatic rings. The fourth-order valence-electron chi connectivity index (χ4n) is 4.08. The maximum absolute atomic E-state index is 11.9. The lowest BCUT2D eigenvalue weighted by Crippen LogP contribution is -2.45. The van der Waals surface area contributed by atoms with Crippen molar-refractivity contribution >= 4 is 23.7 Å². The van der Waals surface area contributed by atoms with Gasteiger partial charge in [0, 0.05) is 57.3 Å². The molecule has 262 valence electrons. The summed E-state index contributed by atoms with van der Waals surface area (Å²) in [5.74, 6) is -5.51. The van der Waals surface area contributed by atoms with Crippen molar-refractivity contribution in [3.63, 3.8) is 0 Å². The van der Waals surface area contributed by atoms with E-state index in [1.807, 2.05) is 57.4 Å². The molecule has 0 atom stereocenters. The van der Waals surface area contributed by atoms with Crippen LogP contribution in [0.3, 0.4) is 0 Å². The molecule has 0 unspecified atom stereocenters. The zero-order chi connectivity index (χ0) is 36.1. The molecule has 1 aliphatic heterocycles. The highest BCUT2D eigenvalue weighted by atomic mass is 19.4. The summed E-state index contributed by atoms with van der Waals surface area (Å²) < 4.78 is 68.8. The number of nitrogens with one attached hydrogen (secondary N) is 1. The number of pyridine rings is 1. The van der Waals surface area contributed by atoms with Gasteiger partial charge in [-0.05, 0) is 67.3 Å². The van der Waals surface area contributed by atoms with Gasteiger partial charge in [0.1, 0.15) is 5.60 Å². The molecular weight excluding hydrogens is 650 g/mol. The highest BCUT2D eigenvalue weighted by Crippen LogP contribution is 2.23. The van der Waals surface area contributed by atoms with E-state index in [2.05, 4.69) is 56.5 Å². The third-order valence-electron chi connectivity index (χ3n) is 6.33. The van der Waals surface area contributed by atoms with Crippen LogP contribution in [0.15, 0.2) is 73.1 Å². The van der Waals surface area contributed by atoms with E-state index in [4.69, 9.17) is 24.5 Å². The van der Waals surface area contributed by atoms with Gasteiger partial charge in [-0.1, -0.05) is 36.4 Å². The van der Waals surface area contributed by atoms with Gasteiger partial charge in [-0.25, -0.2) is 14.4 Å². The van der Waals surface area contributed by atoms with Crippen LogP contribution in [0.4, 0.5) is 36.8 Å². The summed E-state index contributed by atoms with van der Waals surface area (Å²) in [6, 6.07) is 20.8. The fourth-order valence-corrected chi connectivity index (χ4v) is 4.08. The number of benzene rings is 2. The molecule has 1 amide bonds. The lowest BCUT2D eigenvalue weighted by Gasteiger charge is -2.34. The first-order chi connectivity index (χ1) is 22.2. The number of aromatic nitrogens is 1. The lowest BCUT2D eigenvalue weighted by atomic mass is 10.0. The Morgan fingerprint density at radius 3 is 1.40 bits per heavy atom. The number of carbonyl (C=O) groups excluding carboxylic acids is 1. The smallest absolute Gasteiger partial charge is 0.475 e. The van der Waals surface area contributed by atoms with Gasteiger partial charge < -0.3 is 14.9 Å². The lowest BCUT2D eigenvalue weighted by molar-refractivity contribution is -0.193. The van der Waals surface area contributed by atoms with Crippen molar-refractivity contribution in [2.45, 2.75) is 51.8 Å². The van der Waals surface area contributed by atoms with Crippen molar-refractivity contribution in [1.29, 1.82) is 0 Å². The van der Waals surface area contributed by atoms with Crippen LogP contribution < -0.4 is 5.32 Å². The summed E-state index contributed by atoms with van der Waals surface area (Å²) in [7, 11) is 0. The average molecular weight is 687 g/mol. The number of anilines is 1. The molecule has 0 spiro atoms. The van der Waals surface area contributed by atoms with Crippen molar-refractivity contribution in [2.75, 3.05) is 31.5 Å². The Morgan fingerprint density at radius 2 is 1.04 bits per heavy atom. The topological polar surface area (TPSA) is 132 Å². The minimum absolute atomic E-state index is 0.442. The van der Waals surface area contributed by atoms with Gasteiger partial charge >= 0.3 is 30.4 Å². The molecule has 1 aliphatic rings. The van der Waals surface area contributed by atoms with E-state index >= 15 is 0 Å². The van der Waals surface area contributed by atoms with Gasteiger partial charge in [0.15, 0.2) is 0 Å². The third-order valence-corrected chi connectivity index (χ3v) is 6.33. The molecule has 1 aromatic heterocycles. The standard InChI is InChI=1S/C28H34N4O2.2C2HF3O2/c1-28(2,3)34-27(33)30-26-10-8-25(9-11-26)24-6-4-22(5-7-24)20-31-16-18-32(19-17-31)21-23-12-14-29-15-13-23;2*3-2(4,5)1(6)7/h4-15H,16-21H2,1-3H3,(H,30,33);2*(H,6,7). The zero-order valence-electron chi connectivity index (χ0n) is 26.3. The van der Waals surface area contributed by atoms with E-state index < -0.39 is 36.0 Å². The first kappa shape index (κ1) is 39.5. The number of alkyl halides is 6. The molecule has 0 saturated carbocycles. The molecule has 2 aromatic carbocycles. The second kappa shape index (κ2) is 17.5. The van der Waals surface area contributed by atoms with E-state index in [0.29, 0.717) is 0 Å². The van der Waals surface area contributed by atoms with Crippen LogP contribution >= 0.6 is 0 Å². The number of rotatable bonds is 6. The van der Waals surface area contributed by atoms with Crippen molar-refractivity contribution in [3.8, 4) is 11.1 Å². The van der Waals surface area contributed by atoms with Crippen molar-refractivity contribution in [3.05, 3.63) is 84.2 Å². The Morgan fingerprint density at radius 1 is 0.688 bits per heavy atom. The molecule has 16 heteroatoms. The molecule has 1 fully saturated rings. The maximum Gasteiger partial charge on any atom is 0.490 e. The van der Waals surface area contributed by atoms with Crippen molar-refractivity contribution < 1.29 is 55.7 Å². The highest BCUT2D eigenvalue weighted by molar-refractivity contribution is 5.85. The first-order valence-electron chi connectivity index (χ1n) is 14.4. The van der Waals surface area contributed by atoms with Gasteiger partial charge in [0.25, 0.3) is 0 Å². The maximum atomic E-state index is 11.9. The predicted molar refractivity (Wildman–Crippen MR) is 164 cm³/mol. The number of hydrogen-bond donors (Lipinski definition) is 3. The normalized spacial score (nSPS) is 14.0. The number of hydrogen-bond acceptors (Lipinski definition) is 7. The molecule has 0 aliphatic carbocycles. The molecule has 1 saturated heterocycles. The number of carboxylic acid groups (broad SMARTS) is 2. The number of carbonyl (C=O) groups is 3. The van der Waals surface area contributed by atoms with Crippen LogP contribution in [0, 0.1) is 0 Å². The Kier molecular flexibility index (Phi) is 14.4. The first-order valence-corrected chi connectivity index (χ1v) is 14.4. The molecule has 48 heavy (non-hydrogen) atoms. The quantitative estimate of drug-likeness (QED) is 0.243. The zero-order valence-corrected chi connectivity index (χ0v) is 26.3. The second-order valence-corrected chi connectivity index (χ2v) is 11.4. The fraction of sp³-hybridized carbons (Fsp3) is 0.375. The van der Waals surface area contributed by atoms with E-state index in [-0.39, 0.29) is 0 Å². The molecular formula is C32H36F6N4O6. The monoisotopic (exact) mass is 686 g/mol. The van der Waals surface area contributed by atoms with Crippen LogP contribution in [0.5, 0.6) is 0 Å². The van der Waals surface area contributed by atoms with Crippen LogP contribution in [-0.4, -0.2) is 87.2 Å². The minimum atomic E-state index is -5.08. The average Bonchev–Trinajstić information content (AvgIpc) is 2.98. The summed E-state index contributed by atoms with van der Waals surface area (Å²) in [5, 5.41) is 17.0. The number of halogens is 6. The summed E-state index contributed by atoms with van der Waals surface area (Å²) in [4.78, 5) is 38.9. The minimum Gasteiger partial charge on any atom is -0.475 e. The Bertz CT molecular complexity index is 1430. The van der Waals surface area contributed by atoms with Gasteiger partial charge in [-0.3, -0.25) is 20.1 Å². The SMILES string of the molecule is CC(C)(C)OC(=O)Nc1ccc(-c2ccc(CN3CCN(Cc4ccncc4)CC3)cc2)cc1.O=C(O)C(F)(F)F.O=C(O)C(F)(F)F. The Hall–Kier alpha value is -4.70. The van der Waals surface area contributed by atoms with Gasteiger partial charge in [0.05, 0.1) is 0 Å². The number of aliphatic carboxylic acids is 2. The summed E-state index contributed by atoms with van der Waals surface area (Å²) in [6.45, 7) is 11.9. The third kappa shape index (κ3) is 15.3. The van der Waals surface area contributed by atoms with Crippen LogP contribution in [0.25, 0.3) is 11.1 Å². The molecule has 2 heterocycles. The van der Waals surface area contributed by atoms with Crippen molar-refractivity contribution in [1.82, 2.24) is 14.8 Å². The van der Waals surface area contributed by atoms with E-state index in [9.17, 15) is 31.1 Å². The Balaban J connectivity index is 0.000000479. The highest BCUT2D eigenvalue weighted by Gasteiger charge is 2.38. The van der Waals surface area contributed by atoms with E-state index in [0.717, 1.165) is 56.1 Å². The second-order valence-electron chi connectivity index (χ2n) is 11.4. The number of ether oxygens (including phenoxy) is 1. The largest absolute Gasteiger partial charge is 0.490 e. The van der Waals surface area contributed by atoms with Gasteiger partial charge in [0.2, 0.25) is 0 Å². The molecule has 3 N–H and O–H groups in total. The number of nitrogens with zero attached hydrogens (tertiary/aromatic N) is 3.